The van der Waals surface area contributed by atoms with Crippen molar-refractivity contribution >= 4 is 16.6 Å². The first kappa shape index (κ1) is 17.9. The van der Waals surface area contributed by atoms with Crippen LogP contribution in [0.4, 0.5) is 13.2 Å². The van der Waals surface area contributed by atoms with E-state index in [1.807, 2.05) is 19.9 Å². The SMILES string of the molecule is CC.COC1=CNCC=C1c1nc2cc(C(F)(F)F)ccc2n1C. The van der Waals surface area contributed by atoms with E-state index in [-0.39, 0.29) is 0 Å². The van der Waals surface area contributed by atoms with Crippen LogP contribution < -0.4 is 5.32 Å². The summed E-state index contributed by atoms with van der Waals surface area (Å²) in [5.74, 6) is 1.17. The second kappa shape index (κ2) is 6.98. The normalized spacial score (nSPS) is 14.3. The molecule has 2 heterocycles. The molecule has 0 atom stereocenters. The number of aryl methyl sites for hydroxylation is 1. The number of alkyl halides is 3. The largest absolute Gasteiger partial charge is 0.494 e. The average Bonchev–Trinajstić information content (AvgIpc) is 2.92. The number of allylic oxidation sites excluding steroid dienone is 1. The Kier molecular flexibility index (Phi) is 5.21. The summed E-state index contributed by atoms with van der Waals surface area (Å²) in [6, 6.07) is 3.57. The van der Waals surface area contributed by atoms with Crippen molar-refractivity contribution in [3.8, 4) is 0 Å². The summed E-state index contributed by atoms with van der Waals surface area (Å²) in [6.07, 6.45) is -0.766. The lowest BCUT2D eigenvalue weighted by Gasteiger charge is -2.15. The summed E-state index contributed by atoms with van der Waals surface area (Å²) < 4.78 is 45.5. The minimum Gasteiger partial charge on any atom is -0.494 e. The van der Waals surface area contributed by atoms with Crippen molar-refractivity contribution in [1.29, 1.82) is 0 Å². The first-order valence-electron chi connectivity index (χ1n) is 7.64. The predicted molar refractivity (Wildman–Crippen MR) is 88.1 cm³/mol. The fraction of sp³-hybridized carbons (Fsp3) is 0.353. The maximum atomic E-state index is 12.8. The number of ether oxygens (including phenoxy) is 1. The lowest BCUT2D eigenvalue weighted by molar-refractivity contribution is -0.137. The highest BCUT2D eigenvalue weighted by Crippen LogP contribution is 2.33. The fourth-order valence-electron chi connectivity index (χ4n) is 2.48. The molecule has 24 heavy (non-hydrogen) atoms. The number of methoxy groups -OCH3 is 1. The number of nitrogens with zero attached hydrogens (tertiary/aromatic N) is 2. The zero-order chi connectivity index (χ0) is 17.9. The zero-order valence-electron chi connectivity index (χ0n) is 14.0. The van der Waals surface area contributed by atoms with Crippen molar-refractivity contribution in [2.45, 2.75) is 20.0 Å². The standard InChI is InChI=1S/C15H14F3N3O.C2H6/c1-21-12-4-3-9(15(16,17)18)7-11(12)20-14(21)10-5-6-19-8-13(10)22-2;1-2/h3-5,7-8,19H,6H2,1-2H3;1-2H3. The molecule has 1 aromatic carbocycles. The quantitative estimate of drug-likeness (QED) is 0.896. The summed E-state index contributed by atoms with van der Waals surface area (Å²) in [6.45, 7) is 4.61. The number of imidazole rings is 1. The van der Waals surface area contributed by atoms with Crippen molar-refractivity contribution in [3.05, 3.63) is 47.6 Å². The Bertz CT molecular complexity index is 788. The van der Waals surface area contributed by atoms with Crippen LogP contribution in [0.15, 0.2) is 36.2 Å². The van der Waals surface area contributed by atoms with Crippen LogP contribution in [-0.4, -0.2) is 23.2 Å². The number of benzene rings is 1. The van der Waals surface area contributed by atoms with E-state index in [0.717, 1.165) is 17.7 Å². The Morgan fingerprint density at radius 2 is 1.96 bits per heavy atom. The maximum absolute atomic E-state index is 12.8. The van der Waals surface area contributed by atoms with Crippen molar-refractivity contribution in [2.24, 2.45) is 7.05 Å². The van der Waals surface area contributed by atoms with Gasteiger partial charge in [-0.3, -0.25) is 0 Å². The molecule has 0 saturated carbocycles. The van der Waals surface area contributed by atoms with E-state index in [9.17, 15) is 13.2 Å². The molecule has 3 rings (SSSR count). The van der Waals surface area contributed by atoms with E-state index in [2.05, 4.69) is 10.3 Å². The third kappa shape index (κ3) is 3.25. The van der Waals surface area contributed by atoms with Crippen LogP contribution in [0.5, 0.6) is 0 Å². The smallest absolute Gasteiger partial charge is 0.416 e. The molecule has 1 N–H and O–H groups in total. The van der Waals surface area contributed by atoms with Gasteiger partial charge in [0.1, 0.15) is 11.6 Å². The van der Waals surface area contributed by atoms with Crippen LogP contribution in [0.3, 0.4) is 0 Å². The molecule has 7 heteroatoms. The van der Waals surface area contributed by atoms with Gasteiger partial charge in [-0.25, -0.2) is 4.98 Å². The number of halogens is 3. The Morgan fingerprint density at radius 3 is 2.58 bits per heavy atom. The number of nitrogens with one attached hydrogen (secondary N) is 1. The topological polar surface area (TPSA) is 39.1 Å². The predicted octanol–water partition coefficient (Wildman–Crippen LogP) is 4.09. The van der Waals surface area contributed by atoms with Gasteiger partial charge >= 0.3 is 6.18 Å². The van der Waals surface area contributed by atoms with Gasteiger partial charge in [-0.15, -0.1) is 0 Å². The van der Waals surface area contributed by atoms with E-state index in [0.29, 0.717) is 29.2 Å². The second-order valence-electron chi connectivity index (χ2n) is 4.93. The van der Waals surface area contributed by atoms with E-state index in [1.165, 1.54) is 13.2 Å². The van der Waals surface area contributed by atoms with Crippen LogP contribution >= 0.6 is 0 Å². The average molecular weight is 339 g/mol. The molecule has 0 saturated heterocycles. The lowest BCUT2D eigenvalue weighted by Crippen LogP contribution is -2.14. The second-order valence-corrected chi connectivity index (χ2v) is 4.93. The van der Waals surface area contributed by atoms with Gasteiger partial charge in [0.15, 0.2) is 0 Å². The minimum atomic E-state index is -4.38. The molecule has 0 unspecified atom stereocenters. The molecule has 2 aromatic rings. The highest BCUT2D eigenvalue weighted by molar-refractivity contribution is 5.84. The minimum absolute atomic E-state index is 0.308. The highest BCUT2D eigenvalue weighted by atomic mass is 19.4. The molecular formula is C17H20F3N3O. The summed E-state index contributed by atoms with van der Waals surface area (Å²) >= 11 is 0. The molecule has 0 fully saturated rings. The first-order valence-corrected chi connectivity index (χ1v) is 7.64. The maximum Gasteiger partial charge on any atom is 0.416 e. The van der Waals surface area contributed by atoms with Gasteiger partial charge in [0.25, 0.3) is 0 Å². The number of hydrogen-bond donors (Lipinski definition) is 1. The van der Waals surface area contributed by atoms with Crippen LogP contribution in [0.25, 0.3) is 16.6 Å². The van der Waals surface area contributed by atoms with Crippen molar-refractivity contribution in [1.82, 2.24) is 14.9 Å². The summed E-state index contributed by atoms with van der Waals surface area (Å²) in [4.78, 5) is 4.35. The number of fused-ring (bicyclic) bond motifs is 1. The van der Waals surface area contributed by atoms with Gasteiger partial charge in [0.05, 0.1) is 29.3 Å². The molecule has 0 amide bonds. The monoisotopic (exact) mass is 339 g/mol. The fourth-order valence-corrected chi connectivity index (χ4v) is 2.48. The lowest BCUT2D eigenvalue weighted by atomic mass is 10.1. The van der Waals surface area contributed by atoms with E-state index in [1.54, 1.807) is 17.8 Å². The molecule has 130 valence electrons. The molecule has 0 aliphatic carbocycles. The zero-order valence-corrected chi connectivity index (χ0v) is 14.0. The molecule has 1 aromatic heterocycles. The summed E-state index contributed by atoms with van der Waals surface area (Å²) in [7, 11) is 3.31. The Labute approximate surface area is 138 Å². The van der Waals surface area contributed by atoms with Gasteiger partial charge in [0, 0.05) is 19.8 Å². The number of aromatic nitrogens is 2. The Morgan fingerprint density at radius 1 is 1.25 bits per heavy atom. The summed E-state index contributed by atoms with van der Waals surface area (Å²) in [5, 5.41) is 3.02. The molecule has 4 nitrogen and oxygen atoms in total. The molecule has 0 spiro atoms. The number of dihydropyridines is 1. The van der Waals surface area contributed by atoms with Gasteiger partial charge in [0.2, 0.25) is 0 Å². The molecule has 0 bridgehead atoms. The van der Waals surface area contributed by atoms with Gasteiger partial charge < -0.3 is 14.6 Å². The Hall–Kier alpha value is -2.44. The Balaban J connectivity index is 0.00000100. The molecular weight excluding hydrogens is 319 g/mol. The van der Waals surface area contributed by atoms with E-state index >= 15 is 0 Å². The van der Waals surface area contributed by atoms with Gasteiger partial charge in [-0.2, -0.15) is 13.2 Å². The molecule has 1 aliphatic rings. The molecule has 0 radical (unpaired) electrons. The van der Waals surface area contributed by atoms with E-state index in [4.69, 9.17) is 4.74 Å². The number of hydrogen-bond acceptors (Lipinski definition) is 3. The first-order chi connectivity index (χ1) is 11.4. The third-order valence-electron chi connectivity index (χ3n) is 3.59. The highest BCUT2D eigenvalue weighted by Gasteiger charge is 2.31. The van der Waals surface area contributed by atoms with Gasteiger partial charge in [-0.1, -0.05) is 19.9 Å². The van der Waals surface area contributed by atoms with Gasteiger partial charge in [-0.05, 0) is 18.2 Å². The number of rotatable bonds is 2. The summed E-state index contributed by atoms with van der Waals surface area (Å²) in [5.41, 5.74) is 1.00. The van der Waals surface area contributed by atoms with Crippen molar-refractivity contribution in [3.63, 3.8) is 0 Å². The van der Waals surface area contributed by atoms with Crippen LogP contribution in [0.2, 0.25) is 0 Å². The van der Waals surface area contributed by atoms with Crippen molar-refractivity contribution in [2.75, 3.05) is 13.7 Å². The van der Waals surface area contributed by atoms with Crippen LogP contribution in [0.1, 0.15) is 25.2 Å². The third-order valence-corrected chi connectivity index (χ3v) is 3.59. The van der Waals surface area contributed by atoms with E-state index < -0.39 is 11.7 Å². The molecule has 1 aliphatic heterocycles. The van der Waals surface area contributed by atoms with Crippen molar-refractivity contribution < 1.29 is 17.9 Å². The van der Waals surface area contributed by atoms with Crippen LogP contribution in [0, 0.1) is 0 Å². The van der Waals surface area contributed by atoms with Crippen LogP contribution in [-0.2, 0) is 18.0 Å².